The summed E-state index contributed by atoms with van der Waals surface area (Å²) in [4.78, 5) is 11.7. The fraction of sp³-hybridized carbons (Fsp3) is 0.357. The summed E-state index contributed by atoms with van der Waals surface area (Å²) in [5.74, 6) is 3.60. The maximum Gasteiger partial charge on any atom is 0.453 e. The summed E-state index contributed by atoms with van der Waals surface area (Å²) in [7, 11) is 0. The Morgan fingerprint density at radius 1 is 1.25 bits per heavy atom. The first-order chi connectivity index (χ1) is 11.4. The third-order valence-electron chi connectivity index (χ3n) is 3.06. The van der Waals surface area contributed by atoms with Crippen molar-refractivity contribution in [3.8, 4) is 0 Å². The van der Waals surface area contributed by atoms with Gasteiger partial charge in [0.2, 0.25) is 11.1 Å². The monoisotopic (exact) mass is 359 g/mol. The number of nitrogen functional groups attached to an aromatic ring is 1. The summed E-state index contributed by atoms with van der Waals surface area (Å²) < 4.78 is 37.9. The van der Waals surface area contributed by atoms with Gasteiger partial charge in [-0.05, 0) is 18.4 Å². The zero-order chi connectivity index (χ0) is 17.6. The number of thioether (sulfide) groups is 1. The summed E-state index contributed by atoms with van der Waals surface area (Å²) in [5.41, 5.74) is 1.18. The Morgan fingerprint density at radius 2 is 1.96 bits per heavy atom. The number of nitrogens with one attached hydrogen (secondary N) is 1. The molecule has 0 spiro atoms. The van der Waals surface area contributed by atoms with Crippen molar-refractivity contribution in [2.45, 2.75) is 24.2 Å². The van der Waals surface area contributed by atoms with Gasteiger partial charge in [0.05, 0.1) is 5.75 Å². The molecule has 0 aliphatic heterocycles. The second-order valence-electron chi connectivity index (χ2n) is 4.90. The minimum atomic E-state index is -4.68. The fourth-order valence-corrected chi connectivity index (χ4v) is 2.60. The zero-order valence-electron chi connectivity index (χ0n) is 12.6. The number of halogens is 3. The third-order valence-corrected chi connectivity index (χ3v) is 4.00. The molecule has 1 aromatic heterocycles. The van der Waals surface area contributed by atoms with Gasteiger partial charge in [-0.25, -0.2) is 4.68 Å². The van der Waals surface area contributed by atoms with Gasteiger partial charge in [-0.3, -0.25) is 4.79 Å². The quantitative estimate of drug-likeness (QED) is 0.448. The Balaban J connectivity index is 1.71. The molecule has 24 heavy (non-hydrogen) atoms. The van der Waals surface area contributed by atoms with Crippen molar-refractivity contribution >= 4 is 17.7 Å². The molecule has 2 rings (SSSR count). The van der Waals surface area contributed by atoms with Crippen molar-refractivity contribution in [1.29, 1.82) is 0 Å². The Hall–Kier alpha value is -2.23. The SMILES string of the molecule is Nn1c(SCC(=O)NCCCc2ccccc2)nnc1C(F)(F)F. The number of alkyl halides is 3. The second kappa shape index (κ2) is 8.04. The summed E-state index contributed by atoms with van der Waals surface area (Å²) >= 11 is 0.799. The van der Waals surface area contributed by atoms with Crippen LogP contribution < -0.4 is 11.2 Å². The standard InChI is InChI=1S/C14H16F3N5OS/c15-14(16,17)12-20-21-13(22(12)18)24-9-11(23)19-8-4-7-10-5-2-1-3-6-10/h1-3,5-6H,4,7-9,18H2,(H,19,23). The van der Waals surface area contributed by atoms with Gasteiger partial charge in [-0.2, -0.15) is 13.2 Å². The van der Waals surface area contributed by atoms with Gasteiger partial charge in [-0.1, -0.05) is 42.1 Å². The molecule has 6 nitrogen and oxygen atoms in total. The van der Waals surface area contributed by atoms with E-state index in [9.17, 15) is 18.0 Å². The van der Waals surface area contributed by atoms with Gasteiger partial charge in [0, 0.05) is 6.54 Å². The van der Waals surface area contributed by atoms with Crippen LogP contribution in [-0.2, 0) is 17.4 Å². The molecule has 3 N–H and O–H groups in total. The van der Waals surface area contributed by atoms with E-state index in [1.54, 1.807) is 0 Å². The number of benzene rings is 1. The molecule has 0 saturated heterocycles. The van der Waals surface area contributed by atoms with Crippen LogP contribution in [0.4, 0.5) is 13.2 Å². The number of rotatable bonds is 7. The number of carbonyl (C=O) groups is 1. The van der Waals surface area contributed by atoms with E-state index in [0.29, 0.717) is 11.2 Å². The van der Waals surface area contributed by atoms with Gasteiger partial charge in [0.1, 0.15) is 0 Å². The smallest absolute Gasteiger partial charge is 0.355 e. The van der Waals surface area contributed by atoms with Crippen LogP contribution in [-0.4, -0.2) is 33.1 Å². The maximum atomic E-state index is 12.5. The van der Waals surface area contributed by atoms with Crippen LogP contribution in [0.5, 0.6) is 0 Å². The van der Waals surface area contributed by atoms with Gasteiger partial charge < -0.3 is 11.2 Å². The first-order valence-corrected chi connectivity index (χ1v) is 8.07. The zero-order valence-corrected chi connectivity index (χ0v) is 13.4. The lowest BCUT2D eigenvalue weighted by Gasteiger charge is -2.07. The second-order valence-corrected chi connectivity index (χ2v) is 5.84. The fourth-order valence-electron chi connectivity index (χ4n) is 1.91. The number of nitrogens with two attached hydrogens (primary N) is 1. The molecule has 1 aromatic carbocycles. The topological polar surface area (TPSA) is 85.8 Å². The normalized spacial score (nSPS) is 11.5. The van der Waals surface area contributed by atoms with Crippen LogP contribution in [0.3, 0.4) is 0 Å². The highest BCUT2D eigenvalue weighted by Crippen LogP contribution is 2.28. The molecule has 0 atom stereocenters. The van der Waals surface area contributed by atoms with E-state index in [1.807, 2.05) is 30.3 Å². The lowest BCUT2D eigenvalue weighted by atomic mass is 10.1. The predicted octanol–water partition coefficient (Wildman–Crippen LogP) is 1.85. The summed E-state index contributed by atoms with van der Waals surface area (Å²) in [6.07, 6.45) is -3.08. The predicted molar refractivity (Wildman–Crippen MR) is 83.7 cm³/mol. The molecule has 1 heterocycles. The summed E-state index contributed by atoms with van der Waals surface area (Å²) in [5, 5.41) is 8.86. The lowest BCUT2D eigenvalue weighted by Crippen LogP contribution is -2.27. The van der Waals surface area contributed by atoms with E-state index in [-0.39, 0.29) is 16.8 Å². The highest BCUT2D eigenvalue weighted by Gasteiger charge is 2.38. The Bertz CT molecular complexity index is 675. The van der Waals surface area contributed by atoms with Crippen molar-refractivity contribution in [3.63, 3.8) is 0 Å². The number of hydrogen-bond donors (Lipinski definition) is 2. The van der Waals surface area contributed by atoms with E-state index < -0.39 is 12.0 Å². The Kier molecular flexibility index (Phi) is 6.07. The molecule has 0 bridgehead atoms. The molecule has 0 aliphatic rings. The minimum Gasteiger partial charge on any atom is -0.355 e. The molecule has 0 radical (unpaired) electrons. The average Bonchev–Trinajstić information content (AvgIpc) is 2.91. The van der Waals surface area contributed by atoms with Crippen LogP contribution in [0, 0.1) is 0 Å². The van der Waals surface area contributed by atoms with Crippen molar-refractivity contribution < 1.29 is 18.0 Å². The number of carbonyl (C=O) groups excluding carboxylic acids is 1. The van der Waals surface area contributed by atoms with Crippen molar-refractivity contribution in [3.05, 3.63) is 41.7 Å². The summed E-state index contributed by atoms with van der Waals surface area (Å²) in [6.45, 7) is 0.484. The first-order valence-electron chi connectivity index (χ1n) is 7.09. The average molecular weight is 359 g/mol. The Morgan fingerprint density at radius 3 is 2.58 bits per heavy atom. The maximum absolute atomic E-state index is 12.5. The molecule has 0 saturated carbocycles. The van der Waals surface area contributed by atoms with Gasteiger partial charge in [0.25, 0.3) is 5.82 Å². The number of aromatic nitrogens is 3. The van der Waals surface area contributed by atoms with E-state index in [1.165, 1.54) is 5.56 Å². The van der Waals surface area contributed by atoms with E-state index >= 15 is 0 Å². The first kappa shape index (κ1) is 18.1. The van der Waals surface area contributed by atoms with Gasteiger partial charge >= 0.3 is 6.18 Å². The molecule has 130 valence electrons. The van der Waals surface area contributed by atoms with Crippen molar-refractivity contribution in [2.24, 2.45) is 0 Å². The van der Waals surface area contributed by atoms with Gasteiger partial charge in [-0.15, -0.1) is 10.2 Å². The van der Waals surface area contributed by atoms with E-state index in [4.69, 9.17) is 5.84 Å². The molecule has 0 unspecified atom stereocenters. The number of aryl methyl sites for hydroxylation is 1. The molecule has 0 fully saturated rings. The highest BCUT2D eigenvalue weighted by molar-refractivity contribution is 7.99. The molecule has 10 heteroatoms. The molecular formula is C14H16F3N5OS. The van der Waals surface area contributed by atoms with E-state index in [0.717, 1.165) is 24.6 Å². The van der Waals surface area contributed by atoms with Crippen LogP contribution in [0.15, 0.2) is 35.5 Å². The van der Waals surface area contributed by atoms with Crippen LogP contribution in [0.2, 0.25) is 0 Å². The summed E-state index contributed by atoms with van der Waals surface area (Å²) in [6, 6.07) is 9.84. The third kappa shape index (κ3) is 5.15. The lowest BCUT2D eigenvalue weighted by molar-refractivity contribution is -0.146. The largest absolute Gasteiger partial charge is 0.453 e. The molecule has 1 amide bonds. The number of nitrogens with zero attached hydrogens (tertiary/aromatic N) is 3. The molecule has 0 aliphatic carbocycles. The molecule has 2 aromatic rings. The van der Waals surface area contributed by atoms with Crippen LogP contribution in [0.25, 0.3) is 0 Å². The van der Waals surface area contributed by atoms with E-state index in [2.05, 4.69) is 15.5 Å². The van der Waals surface area contributed by atoms with Crippen LogP contribution >= 0.6 is 11.8 Å². The number of amides is 1. The minimum absolute atomic E-state index is 0.0848. The molecular weight excluding hydrogens is 343 g/mol. The Labute approximate surface area is 140 Å². The van der Waals surface area contributed by atoms with Crippen LogP contribution in [0.1, 0.15) is 17.8 Å². The van der Waals surface area contributed by atoms with Crippen molar-refractivity contribution in [1.82, 2.24) is 20.2 Å². The number of hydrogen-bond acceptors (Lipinski definition) is 5. The van der Waals surface area contributed by atoms with Gasteiger partial charge in [0.15, 0.2) is 0 Å². The van der Waals surface area contributed by atoms with Crippen molar-refractivity contribution in [2.75, 3.05) is 18.1 Å². The highest BCUT2D eigenvalue weighted by atomic mass is 32.2.